The summed E-state index contributed by atoms with van der Waals surface area (Å²) in [4.78, 5) is 2.22. The van der Waals surface area contributed by atoms with Crippen LogP contribution in [0.5, 0.6) is 0 Å². The molecule has 0 amide bonds. The molecule has 0 saturated carbocycles. The first-order valence-electron chi connectivity index (χ1n) is 6.30. The summed E-state index contributed by atoms with van der Waals surface area (Å²) in [6, 6.07) is 15.5. The van der Waals surface area contributed by atoms with Gasteiger partial charge in [-0.1, -0.05) is 42.5 Å². The smallest absolute Gasteiger partial charge is 0.128 e. The Morgan fingerprint density at radius 3 is 2.44 bits per heavy atom. The van der Waals surface area contributed by atoms with Crippen LogP contribution in [0.15, 0.2) is 48.5 Å². The first-order chi connectivity index (χ1) is 8.77. The molecule has 0 saturated heterocycles. The summed E-state index contributed by atoms with van der Waals surface area (Å²) in [6.07, 6.45) is 1.04. The summed E-state index contributed by atoms with van der Waals surface area (Å²) >= 11 is 0. The van der Waals surface area contributed by atoms with E-state index in [0.29, 0.717) is 0 Å². The second kappa shape index (κ2) is 4.54. The maximum absolute atomic E-state index is 14.0. The molecule has 2 heteroatoms. The monoisotopic (exact) mass is 241 g/mol. The van der Waals surface area contributed by atoms with E-state index in [2.05, 4.69) is 30.1 Å². The average Bonchev–Trinajstić information content (AvgIpc) is 2.40. The summed E-state index contributed by atoms with van der Waals surface area (Å²) < 4.78 is 14.0. The van der Waals surface area contributed by atoms with Crippen LogP contribution in [-0.2, 0) is 6.42 Å². The number of fused-ring (bicyclic) bond motifs is 1. The molecule has 3 rings (SSSR count). The fraction of sp³-hybridized carbons (Fsp3) is 0.250. The van der Waals surface area contributed by atoms with Crippen LogP contribution in [-0.4, -0.2) is 18.5 Å². The van der Waals surface area contributed by atoms with Crippen LogP contribution in [0.4, 0.5) is 4.39 Å². The van der Waals surface area contributed by atoms with Gasteiger partial charge in [-0.2, -0.15) is 0 Å². The highest BCUT2D eigenvalue weighted by Crippen LogP contribution is 2.34. The molecule has 1 aliphatic rings. The standard InChI is InChI=1S/C16H16FN/c1-18-11-10-12-6-2-3-7-13(12)16(18)14-8-4-5-9-15(14)17/h2-9,16H,10-11H2,1H3. The van der Waals surface area contributed by atoms with Crippen molar-refractivity contribution in [2.75, 3.05) is 13.6 Å². The fourth-order valence-corrected chi connectivity index (χ4v) is 2.79. The lowest BCUT2D eigenvalue weighted by molar-refractivity contribution is 0.259. The number of likely N-dealkylation sites (N-methyl/N-ethyl adjacent to an activating group) is 1. The molecule has 1 unspecified atom stereocenters. The molecule has 1 atom stereocenters. The van der Waals surface area contributed by atoms with Crippen LogP contribution in [0.25, 0.3) is 0 Å². The number of nitrogens with zero attached hydrogens (tertiary/aromatic N) is 1. The minimum absolute atomic E-state index is 0.0381. The van der Waals surface area contributed by atoms with Gasteiger partial charge in [0.2, 0.25) is 0 Å². The Morgan fingerprint density at radius 2 is 1.67 bits per heavy atom. The molecule has 2 aromatic carbocycles. The predicted octanol–water partition coefficient (Wildman–Crippen LogP) is 3.40. The molecule has 1 nitrogen and oxygen atoms in total. The Kier molecular flexibility index (Phi) is 2.88. The molecule has 18 heavy (non-hydrogen) atoms. The molecule has 92 valence electrons. The highest BCUT2D eigenvalue weighted by Gasteiger charge is 2.27. The number of benzene rings is 2. The van der Waals surface area contributed by atoms with Crippen molar-refractivity contribution in [3.63, 3.8) is 0 Å². The summed E-state index contributed by atoms with van der Waals surface area (Å²) in [5.74, 6) is -0.119. The number of halogens is 1. The number of hydrogen-bond acceptors (Lipinski definition) is 1. The zero-order chi connectivity index (χ0) is 12.5. The van der Waals surface area contributed by atoms with Crippen molar-refractivity contribution < 1.29 is 4.39 Å². The van der Waals surface area contributed by atoms with Gasteiger partial charge in [-0.05, 0) is 30.7 Å². The molecular formula is C16H16FN. The number of rotatable bonds is 1. The van der Waals surface area contributed by atoms with E-state index in [1.807, 2.05) is 18.2 Å². The Hall–Kier alpha value is -1.67. The molecule has 0 aromatic heterocycles. The molecule has 0 spiro atoms. The van der Waals surface area contributed by atoms with Crippen molar-refractivity contribution in [1.29, 1.82) is 0 Å². The highest BCUT2D eigenvalue weighted by molar-refractivity contribution is 5.39. The summed E-state index contributed by atoms with van der Waals surface area (Å²) in [7, 11) is 2.06. The van der Waals surface area contributed by atoms with Crippen LogP contribution in [0, 0.1) is 5.82 Å². The zero-order valence-electron chi connectivity index (χ0n) is 10.4. The second-order valence-corrected chi connectivity index (χ2v) is 4.85. The van der Waals surface area contributed by atoms with Crippen molar-refractivity contribution >= 4 is 0 Å². The first-order valence-corrected chi connectivity index (χ1v) is 6.30. The quantitative estimate of drug-likeness (QED) is 0.739. The predicted molar refractivity (Wildman–Crippen MR) is 71.0 cm³/mol. The van der Waals surface area contributed by atoms with E-state index < -0.39 is 0 Å². The van der Waals surface area contributed by atoms with Crippen molar-refractivity contribution in [3.05, 3.63) is 71.0 Å². The third kappa shape index (κ3) is 1.83. The van der Waals surface area contributed by atoms with Gasteiger partial charge in [-0.3, -0.25) is 4.90 Å². The van der Waals surface area contributed by atoms with E-state index in [9.17, 15) is 4.39 Å². The number of hydrogen-bond donors (Lipinski definition) is 0. The van der Waals surface area contributed by atoms with E-state index in [1.165, 1.54) is 11.1 Å². The van der Waals surface area contributed by atoms with Crippen LogP contribution in [0.2, 0.25) is 0 Å². The summed E-state index contributed by atoms with van der Waals surface area (Å²) in [5, 5.41) is 0. The summed E-state index contributed by atoms with van der Waals surface area (Å²) in [6.45, 7) is 0.968. The summed E-state index contributed by atoms with van der Waals surface area (Å²) in [5.41, 5.74) is 3.34. The molecular weight excluding hydrogens is 225 g/mol. The van der Waals surface area contributed by atoms with Gasteiger partial charge in [0, 0.05) is 12.1 Å². The Balaban J connectivity index is 2.14. The van der Waals surface area contributed by atoms with Crippen molar-refractivity contribution in [1.82, 2.24) is 4.90 Å². The SMILES string of the molecule is CN1CCc2ccccc2C1c1ccccc1F. The molecule has 0 radical (unpaired) electrons. The molecule has 0 aliphatic carbocycles. The van der Waals surface area contributed by atoms with Crippen LogP contribution >= 0.6 is 0 Å². The lowest BCUT2D eigenvalue weighted by atomic mass is 9.88. The highest BCUT2D eigenvalue weighted by atomic mass is 19.1. The van der Waals surface area contributed by atoms with E-state index in [1.54, 1.807) is 12.1 Å². The minimum atomic E-state index is -0.119. The minimum Gasteiger partial charge on any atom is -0.295 e. The fourth-order valence-electron chi connectivity index (χ4n) is 2.79. The maximum Gasteiger partial charge on any atom is 0.128 e. The molecule has 0 bridgehead atoms. The zero-order valence-corrected chi connectivity index (χ0v) is 10.4. The van der Waals surface area contributed by atoms with Crippen molar-refractivity contribution in [3.8, 4) is 0 Å². The molecule has 0 N–H and O–H groups in total. The van der Waals surface area contributed by atoms with Gasteiger partial charge in [-0.15, -0.1) is 0 Å². The van der Waals surface area contributed by atoms with Gasteiger partial charge >= 0.3 is 0 Å². The Labute approximate surface area is 107 Å². The van der Waals surface area contributed by atoms with Crippen molar-refractivity contribution in [2.24, 2.45) is 0 Å². The lowest BCUT2D eigenvalue weighted by Gasteiger charge is -2.35. The molecule has 1 heterocycles. The van der Waals surface area contributed by atoms with Gasteiger partial charge in [-0.25, -0.2) is 4.39 Å². The van der Waals surface area contributed by atoms with Crippen LogP contribution in [0.3, 0.4) is 0 Å². The molecule has 0 fully saturated rings. The first kappa shape index (κ1) is 11.4. The van der Waals surface area contributed by atoms with Crippen molar-refractivity contribution in [2.45, 2.75) is 12.5 Å². The van der Waals surface area contributed by atoms with E-state index in [4.69, 9.17) is 0 Å². The van der Waals surface area contributed by atoms with Gasteiger partial charge in [0.05, 0.1) is 6.04 Å². The average molecular weight is 241 g/mol. The van der Waals surface area contributed by atoms with E-state index >= 15 is 0 Å². The Bertz CT molecular complexity index is 565. The third-order valence-corrected chi connectivity index (χ3v) is 3.72. The van der Waals surface area contributed by atoms with Gasteiger partial charge in [0.25, 0.3) is 0 Å². The maximum atomic E-state index is 14.0. The van der Waals surface area contributed by atoms with E-state index in [-0.39, 0.29) is 11.9 Å². The van der Waals surface area contributed by atoms with Gasteiger partial charge < -0.3 is 0 Å². The third-order valence-electron chi connectivity index (χ3n) is 3.72. The molecule has 2 aromatic rings. The second-order valence-electron chi connectivity index (χ2n) is 4.85. The normalized spacial score (nSPS) is 19.6. The van der Waals surface area contributed by atoms with Gasteiger partial charge in [0.1, 0.15) is 5.82 Å². The van der Waals surface area contributed by atoms with Crippen LogP contribution in [0.1, 0.15) is 22.7 Å². The molecule has 1 aliphatic heterocycles. The lowest BCUT2D eigenvalue weighted by Crippen LogP contribution is -2.33. The van der Waals surface area contributed by atoms with E-state index in [0.717, 1.165) is 18.5 Å². The topological polar surface area (TPSA) is 3.24 Å². The van der Waals surface area contributed by atoms with Crippen LogP contribution < -0.4 is 0 Å². The largest absolute Gasteiger partial charge is 0.295 e. The Morgan fingerprint density at radius 1 is 1.00 bits per heavy atom. The van der Waals surface area contributed by atoms with Gasteiger partial charge in [0.15, 0.2) is 0 Å².